The van der Waals surface area contributed by atoms with Crippen LogP contribution >= 0.6 is 11.6 Å². The number of aromatic nitrogens is 3. The van der Waals surface area contributed by atoms with Crippen LogP contribution < -0.4 is 10.1 Å². The minimum Gasteiger partial charge on any atom is -0.489 e. The van der Waals surface area contributed by atoms with Gasteiger partial charge in [-0.3, -0.25) is 4.79 Å². The molecule has 8 heteroatoms. The van der Waals surface area contributed by atoms with E-state index in [1.54, 1.807) is 6.20 Å². The average Bonchev–Trinajstić information content (AvgIpc) is 3.51. The first kappa shape index (κ1) is 21.0. The Kier molecular flexibility index (Phi) is 5.75. The lowest BCUT2D eigenvalue weighted by Crippen LogP contribution is -2.29. The number of halogens is 1. The SMILES string of the molecule is Cc1ncc(OC[C@@]2(C3C=CC=CC3)C[C@H]2C(=O)Nc2cnc(Cl)c(C#N)c2)c(C)n1. The van der Waals surface area contributed by atoms with Crippen LogP contribution in [0.1, 0.15) is 29.9 Å². The fourth-order valence-corrected chi connectivity index (χ4v) is 4.25. The molecule has 0 bridgehead atoms. The highest BCUT2D eigenvalue weighted by atomic mass is 35.5. The van der Waals surface area contributed by atoms with Crippen LogP contribution in [0.2, 0.25) is 5.15 Å². The molecule has 1 amide bonds. The highest BCUT2D eigenvalue weighted by Gasteiger charge is 2.62. The van der Waals surface area contributed by atoms with Crippen LogP contribution in [0.25, 0.3) is 0 Å². The zero-order valence-electron chi connectivity index (χ0n) is 17.3. The second kappa shape index (κ2) is 8.48. The highest BCUT2D eigenvalue weighted by Crippen LogP contribution is 2.60. The largest absolute Gasteiger partial charge is 0.489 e. The molecule has 1 saturated carbocycles. The van der Waals surface area contributed by atoms with Gasteiger partial charge in [0.25, 0.3) is 0 Å². The van der Waals surface area contributed by atoms with Gasteiger partial charge in [-0.1, -0.05) is 35.9 Å². The Morgan fingerprint density at radius 3 is 2.90 bits per heavy atom. The van der Waals surface area contributed by atoms with E-state index in [-0.39, 0.29) is 33.9 Å². The molecule has 7 nitrogen and oxygen atoms in total. The van der Waals surface area contributed by atoms with E-state index >= 15 is 0 Å². The number of carbonyl (C=O) groups is 1. The van der Waals surface area contributed by atoms with Crippen LogP contribution in [-0.4, -0.2) is 27.5 Å². The lowest BCUT2D eigenvalue weighted by Gasteiger charge is -2.26. The van der Waals surface area contributed by atoms with Crippen LogP contribution in [-0.2, 0) is 4.79 Å². The Balaban J connectivity index is 1.51. The minimum atomic E-state index is -0.319. The van der Waals surface area contributed by atoms with E-state index in [2.05, 4.69) is 32.4 Å². The summed E-state index contributed by atoms with van der Waals surface area (Å²) in [4.78, 5) is 25.6. The van der Waals surface area contributed by atoms with E-state index in [1.807, 2.05) is 32.1 Å². The monoisotopic (exact) mass is 435 g/mol. The third kappa shape index (κ3) is 4.30. The van der Waals surface area contributed by atoms with Gasteiger partial charge in [0.1, 0.15) is 17.0 Å². The number of amides is 1. The summed E-state index contributed by atoms with van der Waals surface area (Å²) < 4.78 is 6.12. The summed E-state index contributed by atoms with van der Waals surface area (Å²) in [5.41, 5.74) is 1.13. The maximum atomic E-state index is 13.1. The number of rotatable bonds is 6. The second-order valence-corrected chi connectivity index (χ2v) is 8.32. The van der Waals surface area contributed by atoms with E-state index in [4.69, 9.17) is 21.6 Å². The minimum absolute atomic E-state index is 0.114. The normalized spacial score (nSPS) is 23.8. The predicted molar refractivity (Wildman–Crippen MR) is 117 cm³/mol. The van der Waals surface area contributed by atoms with Gasteiger partial charge in [0.05, 0.1) is 35.9 Å². The third-order valence-electron chi connectivity index (χ3n) is 5.93. The fraction of sp³-hybridized carbons (Fsp3) is 0.348. The molecular formula is C23H22ClN5O2. The maximum absolute atomic E-state index is 13.1. The first-order chi connectivity index (χ1) is 14.9. The topological polar surface area (TPSA) is 101 Å². The average molecular weight is 436 g/mol. The number of nitrogens with one attached hydrogen (secondary N) is 1. The Morgan fingerprint density at radius 2 is 2.19 bits per heavy atom. The van der Waals surface area contributed by atoms with Crippen LogP contribution in [0.15, 0.2) is 42.8 Å². The van der Waals surface area contributed by atoms with Crippen molar-refractivity contribution in [2.75, 3.05) is 11.9 Å². The number of carbonyl (C=O) groups excluding carboxylic acids is 1. The Hall–Kier alpha value is -3.24. The fourth-order valence-electron chi connectivity index (χ4n) is 4.11. The van der Waals surface area contributed by atoms with Crippen molar-refractivity contribution in [3.05, 3.63) is 65.0 Å². The molecule has 3 atom stereocenters. The number of aryl methyl sites for hydroxylation is 2. The molecule has 0 aromatic carbocycles. The summed E-state index contributed by atoms with van der Waals surface area (Å²) in [6, 6.07) is 3.51. The van der Waals surface area contributed by atoms with Crippen molar-refractivity contribution in [3.63, 3.8) is 0 Å². The quantitative estimate of drug-likeness (QED) is 0.683. The van der Waals surface area contributed by atoms with E-state index in [0.717, 1.165) is 12.1 Å². The molecule has 2 aliphatic rings. The number of allylic oxidation sites excluding steroid dienone is 4. The van der Waals surface area contributed by atoms with E-state index in [9.17, 15) is 4.79 Å². The zero-order chi connectivity index (χ0) is 22.0. The highest BCUT2D eigenvalue weighted by molar-refractivity contribution is 6.30. The van der Waals surface area contributed by atoms with E-state index in [1.165, 1.54) is 12.3 Å². The first-order valence-electron chi connectivity index (χ1n) is 10.1. The van der Waals surface area contributed by atoms with Gasteiger partial charge in [-0.25, -0.2) is 15.0 Å². The molecule has 4 rings (SSSR count). The van der Waals surface area contributed by atoms with Crippen LogP contribution in [0, 0.1) is 42.4 Å². The molecule has 2 aliphatic carbocycles. The van der Waals surface area contributed by atoms with Crippen LogP contribution in [0.5, 0.6) is 5.75 Å². The number of hydrogen-bond acceptors (Lipinski definition) is 6. The molecule has 0 radical (unpaired) electrons. The summed E-state index contributed by atoms with van der Waals surface area (Å²) >= 11 is 5.89. The standard InChI is InChI=1S/C23H22ClN5O2/c1-14-20(12-26-15(2)28-14)31-13-23(17-6-4-3-5-7-17)9-19(23)22(30)29-18-8-16(10-25)21(24)27-11-18/h3-6,8,11-12,17,19H,7,9,13H2,1-2H3,(H,29,30)/t17?,19-,23+/m0/s1. The van der Waals surface area contributed by atoms with Crippen molar-refractivity contribution >= 4 is 23.2 Å². The predicted octanol–water partition coefficient (Wildman–Crippen LogP) is 4.17. The van der Waals surface area contributed by atoms with E-state index in [0.29, 0.717) is 30.3 Å². The Morgan fingerprint density at radius 1 is 1.35 bits per heavy atom. The van der Waals surface area contributed by atoms with Crippen molar-refractivity contribution in [1.82, 2.24) is 15.0 Å². The number of ether oxygens (including phenoxy) is 1. The Bertz CT molecular complexity index is 1120. The molecule has 2 heterocycles. The van der Waals surface area contributed by atoms with Gasteiger partial charge >= 0.3 is 0 Å². The van der Waals surface area contributed by atoms with Gasteiger partial charge in [-0.15, -0.1) is 0 Å². The van der Waals surface area contributed by atoms with Gasteiger partial charge in [0, 0.05) is 11.3 Å². The molecular weight excluding hydrogens is 414 g/mol. The molecule has 31 heavy (non-hydrogen) atoms. The van der Waals surface area contributed by atoms with Crippen molar-refractivity contribution in [1.29, 1.82) is 5.26 Å². The van der Waals surface area contributed by atoms with Crippen LogP contribution in [0.3, 0.4) is 0 Å². The lowest BCUT2D eigenvalue weighted by atomic mass is 9.82. The molecule has 0 spiro atoms. The molecule has 0 aliphatic heterocycles. The lowest BCUT2D eigenvalue weighted by molar-refractivity contribution is -0.118. The second-order valence-electron chi connectivity index (χ2n) is 7.96. The van der Waals surface area contributed by atoms with Crippen molar-refractivity contribution in [3.8, 4) is 11.8 Å². The van der Waals surface area contributed by atoms with Crippen molar-refractivity contribution < 1.29 is 9.53 Å². The van der Waals surface area contributed by atoms with E-state index < -0.39 is 0 Å². The molecule has 2 aromatic heterocycles. The Labute approximate surface area is 185 Å². The molecule has 158 valence electrons. The number of anilines is 1. The summed E-state index contributed by atoms with van der Waals surface area (Å²) in [7, 11) is 0. The van der Waals surface area contributed by atoms with Gasteiger partial charge in [0.15, 0.2) is 5.75 Å². The number of nitrogens with zero attached hydrogens (tertiary/aromatic N) is 4. The zero-order valence-corrected chi connectivity index (χ0v) is 18.1. The van der Waals surface area contributed by atoms with Crippen molar-refractivity contribution in [2.24, 2.45) is 17.3 Å². The molecule has 1 N–H and O–H groups in total. The summed E-state index contributed by atoms with van der Waals surface area (Å²) in [6.07, 6.45) is 13.0. The molecule has 1 fully saturated rings. The van der Waals surface area contributed by atoms with Gasteiger partial charge < -0.3 is 10.1 Å². The first-order valence-corrected chi connectivity index (χ1v) is 10.4. The summed E-state index contributed by atoms with van der Waals surface area (Å²) in [5.74, 6) is 1.18. The summed E-state index contributed by atoms with van der Waals surface area (Å²) in [5, 5.41) is 12.1. The van der Waals surface area contributed by atoms with Crippen LogP contribution in [0.4, 0.5) is 5.69 Å². The summed E-state index contributed by atoms with van der Waals surface area (Å²) in [6.45, 7) is 4.11. The van der Waals surface area contributed by atoms with Crippen molar-refractivity contribution in [2.45, 2.75) is 26.7 Å². The third-order valence-corrected chi connectivity index (χ3v) is 6.23. The van der Waals surface area contributed by atoms with Gasteiger partial charge in [-0.05, 0) is 38.7 Å². The van der Waals surface area contributed by atoms with Gasteiger partial charge in [-0.2, -0.15) is 5.26 Å². The number of pyridine rings is 1. The van der Waals surface area contributed by atoms with Gasteiger partial charge in [0.2, 0.25) is 5.91 Å². The number of hydrogen-bond donors (Lipinski definition) is 1. The number of nitriles is 1. The molecule has 2 aromatic rings. The maximum Gasteiger partial charge on any atom is 0.228 e. The molecule has 0 saturated heterocycles. The smallest absolute Gasteiger partial charge is 0.228 e. The molecule has 1 unspecified atom stereocenters.